The molecule has 5 N–H and O–H groups in total. The van der Waals surface area contributed by atoms with Gasteiger partial charge in [-0.2, -0.15) is 5.10 Å². The van der Waals surface area contributed by atoms with Crippen molar-refractivity contribution in [2.45, 2.75) is 33.6 Å². The number of rotatable bonds is 5. The number of carbonyl (C=O) groups excluding carboxylic acids is 1. The molecule has 1 aliphatic rings. The van der Waals surface area contributed by atoms with Crippen molar-refractivity contribution in [1.29, 1.82) is 0 Å². The summed E-state index contributed by atoms with van der Waals surface area (Å²) in [6, 6.07) is 14.3. The molecule has 176 valence electrons. The summed E-state index contributed by atoms with van der Waals surface area (Å²) in [5, 5.41) is 11.4. The third-order valence-electron chi connectivity index (χ3n) is 5.45. The molecule has 0 fully saturated rings. The Kier molecular flexibility index (Phi) is 6.34. The van der Waals surface area contributed by atoms with Crippen molar-refractivity contribution >= 4 is 34.9 Å². The van der Waals surface area contributed by atoms with Crippen LogP contribution in [-0.4, -0.2) is 17.6 Å². The second kappa shape index (κ2) is 9.23. The third-order valence-corrected chi connectivity index (χ3v) is 5.68. The Morgan fingerprint density at radius 3 is 2.59 bits per heavy atom. The smallest absolute Gasteiger partial charge is 0.291 e. The lowest BCUT2D eigenvalue weighted by molar-refractivity contribution is 0.0992. The maximum absolute atomic E-state index is 13.3. The average Bonchev–Trinajstić information content (AvgIpc) is 3.09. The van der Waals surface area contributed by atoms with Crippen molar-refractivity contribution < 1.29 is 13.9 Å². The number of guanidine groups is 1. The standard InChI is InChI=1S/C25H26ClN5O3/c1-14-21-18(30-31-24(27)28)12-25(2,3)13-20(21)34-22(14)23(32)29-17-11-15(26)9-10-19(17)33-16-7-5-4-6-8-16/h4-11H,12-13H2,1-3H3,(H,29,32)(H4,27,28,31)/b30-18-. The molecule has 1 aliphatic carbocycles. The molecular formula is C25H26ClN5O3. The van der Waals surface area contributed by atoms with Gasteiger partial charge in [0.1, 0.15) is 11.5 Å². The van der Waals surface area contributed by atoms with E-state index in [2.05, 4.69) is 29.4 Å². The van der Waals surface area contributed by atoms with E-state index in [-0.39, 0.29) is 17.1 Å². The molecule has 9 heteroatoms. The van der Waals surface area contributed by atoms with Crippen molar-refractivity contribution in [3.63, 3.8) is 0 Å². The molecule has 0 aliphatic heterocycles. The minimum absolute atomic E-state index is 0.133. The van der Waals surface area contributed by atoms with Gasteiger partial charge in [0.25, 0.3) is 5.91 Å². The molecule has 0 bridgehead atoms. The Morgan fingerprint density at radius 2 is 1.88 bits per heavy atom. The predicted octanol–water partition coefficient (Wildman–Crippen LogP) is 5.24. The fourth-order valence-corrected chi connectivity index (χ4v) is 4.19. The number of hydrogen-bond acceptors (Lipinski definition) is 5. The van der Waals surface area contributed by atoms with Crippen LogP contribution in [0.3, 0.4) is 0 Å². The van der Waals surface area contributed by atoms with Gasteiger partial charge in [-0.15, -0.1) is 5.10 Å². The van der Waals surface area contributed by atoms with Crippen LogP contribution in [0, 0.1) is 12.3 Å². The second-order valence-corrected chi connectivity index (χ2v) is 9.39. The molecule has 34 heavy (non-hydrogen) atoms. The molecule has 0 saturated carbocycles. The number of hydrogen-bond donors (Lipinski definition) is 3. The van der Waals surface area contributed by atoms with Crippen LogP contribution >= 0.6 is 11.6 Å². The Hall–Kier alpha value is -3.78. The third kappa shape index (κ3) is 5.07. The molecular weight excluding hydrogens is 454 g/mol. The van der Waals surface area contributed by atoms with Gasteiger partial charge in [-0.1, -0.05) is 43.6 Å². The number of nitrogens with two attached hydrogens (primary N) is 2. The molecule has 3 aromatic rings. The zero-order chi connectivity index (χ0) is 24.5. The summed E-state index contributed by atoms with van der Waals surface area (Å²) in [5.74, 6) is 1.39. The highest BCUT2D eigenvalue weighted by Gasteiger charge is 2.36. The molecule has 0 unspecified atom stereocenters. The van der Waals surface area contributed by atoms with Crippen molar-refractivity contribution in [2.75, 3.05) is 5.32 Å². The predicted molar refractivity (Wildman–Crippen MR) is 134 cm³/mol. The SMILES string of the molecule is Cc1c(C(=O)Nc2cc(Cl)ccc2Oc2ccccc2)oc2c1/C(=N\N=C(N)N)CC(C)(C)C2. The molecule has 2 aromatic carbocycles. The number of nitrogens with zero attached hydrogens (tertiary/aromatic N) is 2. The van der Waals surface area contributed by atoms with Crippen LogP contribution in [0.2, 0.25) is 5.02 Å². The minimum atomic E-state index is -0.425. The number of furan rings is 1. The van der Waals surface area contributed by atoms with Gasteiger partial charge < -0.3 is 25.9 Å². The van der Waals surface area contributed by atoms with E-state index in [1.807, 2.05) is 37.3 Å². The number of carbonyl (C=O) groups is 1. The fraction of sp³-hybridized carbons (Fsp3) is 0.240. The Labute approximate surface area is 202 Å². The zero-order valence-corrected chi connectivity index (χ0v) is 19.9. The van der Waals surface area contributed by atoms with Gasteiger partial charge >= 0.3 is 0 Å². The van der Waals surface area contributed by atoms with Crippen LogP contribution in [0.5, 0.6) is 11.5 Å². The molecule has 1 amide bonds. The average molecular weight is 480 g/mol. The molecule has 1 aromatic heterocycles. The quantitative estimate of drug-likeness (QED) is 0.262. The highest BCUT2D eigenvalue weighted by molar-refractivity contribution is 6.31. The summed E-state index contributed by atoms with van der Waals surface area (Å²) in [6.45, 7) is 6.01. The highest BCUT2D eigenvalue weighted by atomic mass is 35.5. The van der Waals surface area contributed by atoms with E-state index in [1.165, 1.54) is 0 Å². The maximum Gasteiger partial charge on any atom is 0.291 e. The van der Waals surface area contributed by atoms with Crippen molar-refractivity contribution in [1.82, 2.24) is 0 Å². The van der Waals surface area contributed by atoms with Crippen molar-refractivity contribution in [3.8, 4) is 11.5 Å². The Bertz CT molecular complexity index is 1290. The van der Waals surface area contributed by atoms with E-state index in [4.69, 9.17) is 32.2 Å². The summed E-state index contributed by atoms with van der Waals surface area (Å²) < 4.78 is 12.0. The number of anilines is 1. The lowest BCUT2D eigenvalue weighted by Gasteiger charge is -2.29. The second-order valence-electron chi connectivity index (χ2n) is 8.95. The summed E-state index contributed by atoms with van der Waals surface area (Å²) in [5.41, 5.74) is 13.3. The number of benzene rings is 2. The van der Waals surface area contributed by atoms with Crippen LogP contribution in [-0.2, 0) is 6.42 Å². The molecule has 0 spiro atoms. The van der Waals surface area contributed by atoms with Gasteiger partial charge in [0.15, 0.2) is 11.5 Å². The summed E-state index contributed by atoms with van der Waals surface area (Å²) >= 11 is 6.19. The number of nitrogens with one attached hydrogen (secondary N) is 1. The maximum atomic E-state index is 13.3. The van der Waals surface area contributed by atoms with Crippen molar-refractivity contribution in [3.05, 3.63) is 76.2 Å². The van der Waals surface area contributed by atoms with Gasteiger partial charge in [-0.05, 0) is 49.1 Å². The van der Waals surface area contributed by atoms with E-state index in [1.54, 1.807) is 18.2 Å². The first-order valence-corrected chi connectivity index (χ1v) is 11.1. The molecule has 8 nitrogen and oxygen atoms in total. The van der Waals surface area contributed by atoms with Gasteiger partial charge in [-0.25, -0.2) is 0 Å². The monoisotopic (exact) mass is 479 g/mol. The molecule has 1 heterocycles. The first-order chi connectivity index (χ1) is 16.1. The van der Waals surface area contributed by atoms with Crippen LogP contribution < -0.4 is 21.5 Å². The van der Waals surface area contributed by atoms with Gasteiger partial charge in [0, 0.05) is 22.6 Å². The van der Waals surface area contributed by atoms with E-state index in [0.29, 0.717) is 52.1 Å². The lowest BCUT2D eigenvalue weighted by atomic mass is 9.75. The van der Waals surface area contributed by atoms with E-state index in [9.17, 15) is 4.79 Å². The summed E-state index contributed by atoms with van der Waals surface area (Å²) in [4.78, 5) is 13.3. The number of halogens is 1. The number of fused-ring (bicyclic) bond motifs is 1. The van der Waals surface area contributed by atoms with Crippen LogP contribution in [0.1, 0.15) is 47.7 Å². The highest BCUT2D eigenvalue weighted by Crippen LogP contribution is 2.39. The van der Waals surface area contributed by atoms with E-state index in [0.717, 1.165) is 5.56 Å². The first kappa shape index (κ1) is 23.4. The van der Waals surface area contributed by atoms with Crippen LogP contribution in [0.25, 0.3) is 0 Å². The largest absolute Gasteiger partial charge is 0.455 e. The first-order valence-electron chi connectivity index (χ1n) is 10.7. The van der Waals surface area contributed by atoms with Gasteiger partial charge in [0.2, 0.25) is 5.96 Å². The molecule has 0 radical (unpaired) electrons. The number of ether oxygens (including phenoxy) is 1. The summed E-state index contributed by atoms with van der Waals surface area (Å²) in [6.07, 6.45) is 1.29. The van der Waals surface area contributed by atoms with Crippen LogP contribution in [0.15, 0.2) is 63.2 Å². The topological polar surface area (TPSA) is 128 Å². The normalized spacial score (nSPS) is 15.5. The molecule has 0 saturated heterocycles. The molecule has 0 atom stereocenters. The number of para-hydroxylation sites is 1. The molecule has 4 rings (SSSR count). The Balaban J connectivity index is 1.68. The zero-order valence-electron chi connectivity index (χ0n) is 19.2. The van der Waals surface area contributed by atoms with Crippen LogP contribution in [0.4, 0.5) is 5.69 Å². The fourth-order valence-electron chi connectivity index (χ4n) is 4.02. The summed E-state index contributed by atoms with van der Waals surface area (Å²) in [7, 11) is 0. The van der Waals surface area contributed by atoms with E-state index >= 15 is 0 Å². The van der Waals surface area contributed by atoms with Gasteiger partial charge in [0.05, 0.1) is 11.4 Å². The number of amides is 1. The van der Waals surface area contributed by atoms with E-state index < -0.39 is 5.91 Å². The van der Waals surface area contributed by atoms with Gasteiger partial charge in [-0.3, -0.25) is 4.79 Å². The minimum Gasteiger partial charge on any atom is -0.455 e. The Morgan fingerprint density at radius 1 is 1.15 bits per heavy atom. The lowest BCUT2D eigenvalue weighted by Crippen LogP contribution is -2.27. The van der Waals surface area contributed by atoms with Crippen molar-refractivity contribution in [2.24, 2.45) is 27.1 Å².